The van der Waals surface area contributed by atoms with Gasteiger partial charge in [0.15, 0.2) is 11.5 Å². The Labute approximate surface area is 219 Å². The number of aryl methyl sites for hydroxylation is 1. The maximum Gasteiger partial charge on any atom is 0.409 e. The van der Waals surface area contributed by atoms with E-state index >= 15 is 8.78 Å². The first kappa shape index (κ1) is 28.8. The number of ether oxygens (including phenoxy) is 3. The van der Waals surface area contributed by atoms with Gasteiger partial charge in [0.1, 0.15) is 23.9 Å². The van der Waals surface area contributed by atoms with Crippen LogP contribution in [-0.4, -0.2) is 59.3 Å². The zero-order valence-corrected chi connectivity index (χ0v) is 22.1. The summed E-state index contributed by atoms with van der Waals surface area (Å²) in [5.41, 5.74) is -2.09. The molecule has 0 radical (unpaired) electrons. The van der Waals surface area contributed by atoms with Crippen molar-refractivity contribution in [3.8, 4) is 11.5 Å². The van der Waals surface area contributed by atoms with E-state index < -0.39 is 29.2 Å². The molecule has 0 aliphatic heterocycles. The van der Waals surface area contributed by atoms with Crippen LogP contribution in [0.3, 0.4) is 0 Å². The van der Waals surface area contributed by atoms with E-state index in [1.165, 1.54) is 19.2 Å². The number of hydrogen-bond donors (Lipinski definition) is 4. The number of aromatic nitrogens is 2. The van der Waals surface area contributed by atoms with Gasteiger partial charge in [-0.15, -0.1) is 0 Å². The van der Waals surface area contributed by atoms with Crippen molar-refractivity contribution in [2.45, 2.75) is 45.3 Å². The highest BCUT2D eigenvalue weighted by Gasteiger charge is 2.47. The molecule has 0 saturated carbocycles. The minimum atomic E-state index is -3.67. The number of nitrogens with one attached hydrogen (secondary N) is 2. The van der Waals surface area contributed by atoms with E-state index in [1.54, 1.807) is 33.1 Å². The summed E-state index contributed by atoms with van der Waals surface area (Å²) in [5, 5.41) is 25.2. The molecule has 38 heavy (non-hydrogen) atoms. The lowest BCUT2D eigenvalue weighted by atomic mass is 9.91. The fraction of sp³-hybridized carbons (Fsp3) is 0.423. The second-order valence-electron chi connectivity index (χ2n) is 9.25. The minimum Gasteiger partial charge on any atom is -0.493 e. The Kier molecular flexibility index (Phi) is 8.58. The molecule has 0 aliphatic rings. The third kappa shape index (κ3) is 6.37. The molecule has 2 aromatic carbocycles. The number of aliphatic hydroxyl groups is 1. The van der Waals surface area contributed by atoms with Gasteiger partial charge < -0.3 is 29.7 Å². The molecule has 0 aliphatic carbocycles. The zero-order chi connectivity index (χ0) is 28.3. The Morgan fingerprint density at radius 2 is 1.79 bits per heavy atom. The summed E-state index contributed by atoms with van der Waals surface area (Å²) in [7, 11) is 3.07. The van der Waals surface area contributed by atoms with Gasteiger partial charge in [0.2, 0.25) is 0 Å². The molecule has 0 bridgehead atoms. The third-order valence-electron chi connectivity index (χ3n) is 5.83. The summed E-state index contributed by atoms with van der Waals surface area (Å²) in [6.45, 7) is 6.06. The summed E-state index contributed by atoms with van der Waals surface area (Å²) in [4.78, 5) is 20.2. The van der Waals surface area contributed by atoms with Crippen molar-refractivity contribution in [3.05, 3.63) is 47.3 Å². The fourth-order valence-corrected chi connectivity index (χ4v) is 3.79. The number of rotatable bonds is 11. The topological polar surface area (TPSA) is 135 Å². The van der Waals surface area contributed by atoms with Crippen LogP contribution in [0.1, 0.15) is 43.8 Å². The van der Waals surface area contributed by atoms with Crippen LogP contribution in [0.15, 0.2) is 30.3 Å². The molecule has 0 spiro atoms. The number of benzene rings is 2. The number of nitrogens with zero attached hydrogens (tertiary/aromatic N) is 2. The lowest BCUT2D eigenvalue weighted by Crippen LogP contribution is -2.40. The van der Waals surface area contributed by atoms with Gasteiger partial charge in [-0.2, -0.15) is 8.78 Å². The smallest absolute Gasteiger partial charge is 0.409 e. The van der Waals surface area contributed by atoms with Gasteiger partial charge in [0.05, 0.1) is 25.3 Å². The number of amides is 1. The van der Waals surface area contributed by atoms with Crippen LogP contribution in [0, 0.1) is 6.92 Å². The quantitative estimate of drug-likeness (QED) is 0.248. The van der Waals surface area contributed by atoms with Crippen molar-refractivity contribution < 1.29 is 38.0 Å². The average molecular weight is 535 g/mol. The molecule has 12 heteroatoms. The molecule has 0 fully saturated rings. The molecule has 0 saturated heterocycles. The van der Waals surface area contributed by atoms with Crippen molar-refractivity contribution in [3.63, 3.8) is 0 Å². The van der Waals surface area contributed by atoms with E-state index in [-0.39, 0.29) is 12.3 Å². The van der Waals surface area contributed by atoms with E-state index in [4.69, 9.17) is 19.3 Å². The SMILES string of the molecule is COCCOc1cc2c(N[C@H](C)c3cc(NC(=O)O)cc(C(F)(F)C(C)(C)O)c3)nc(C)nc2cc1OC. The number of fused-ring (bicyclic) bond motifs is 1. The van der Waals surface area contributed by atoms with Gasteiger partial charge in [-0.25, -0.2) is 14.8 Å². The normalized spacial score (nSPS) is 12.8. The second-order valence-corrected chi connectivity index (χ2v) is 9.25. The summed E-state index contributed by atoms with van der Waals surface area (Å²) in [6.07, 6.45) is -1.41. The molecule has 10 nitrogen and oxygen atoms in total. The van der Waals surface area contributed by atoms with Crippen molar-refractivity contribution in [2.24, 2.45) is 0 Å². The summed E-state index contributed by atoms with van der Waals surface area (Å²) >= 11 is 0. The van der Waals surface area contributed by atoms with E-state index in [1.807, 2.05) is 0 Å². The first-order valence-corrected chi connectivity index (χ1v) is 11.8. The maximum atomic E-state index is 15.1. The van der Waals surface area contributed by atoms with Crippen LogP contribution >= 0.6 is 0 Å². The van der Waals surface area contributed by atoms with E-state index in [0.29, 0.717) is 46.2 Å². The molecular weight excluding hydrogens is 502 g/mol. The average Bonchev–Trinajstić information content (AvgIpc) is 2.82. The Hall–Kier alpha value is -3.77. The summed E-state index contributed by atoms with van der Waals surface area (Å²) in [6, 6.07) is 6.48. The Morgan fingerprint density at radius 1 is 1.08 bits per heavy atom. The third-order valence-corrected chi connectivity index (χ3v) is 5.83. The van der Waals surface area contributed by atoms with E-state index in [2.05, 4.69) is 20.6 Å². The van der Waals surface area contributed by atoms with Crippen LogP contribution in [0.25, 0.3) is 10.9 Å². The van der Waals surface area contributed by atoms with Crippen LogP contribution in [0.4, 0.5) is 25.1 Å². The van der Waals surface area contributed by atoms with Gasteiger partial charge in [0.25, 0.3) is 0 Å². The molecule has 3 rings (SSSR count). The number of alkyl halides is 2. The van der Waals surface area contributed by atoms with Gasteiger partial charge in [-0.1, -0.05) is 0 Å². The number of carbonyl (C=O) groups is 1. The lowest BCUT2D eigenvalue weighted by molar-refractivity contribution is -0.168. The highest BCUT2D eigenvalue weighted by molar-refractivity contribution is 5.92. The summed E-state index contributed by atoms with van der Waals surface area (Å²) in [5.74, 6) is -1.89. The molecule has 1 aromatic heterocycles. The molecule has 1 heterocycles. The minimum absolute atomic E-state index is 0.0649. The molecule has 3 aromatic rings. The molecule has 0 unspecified atom stereocenters. The molecular formula is C26H32F2N4O6. The highest BCUT2D eigenvalue weighted by Crippen LogP contribution is 2.41. The Bertz CT molecular complexity index is 1310. The van der Waals surface area contributed by atoms with Crippen molar-refractivity contribution in [2.75, 3.05) is 38.1 Å². The number of anilines is 2. The second kappa shape index (κ2) is 11.3. The predicted molar refractivity (Wildman–Crippen MR) is 139 cm³/mol. The van der Waals surface area contributed by atoms with Crippen molar-refractivity contribution >= 4 is 28.5 Å². The number of hydrogen-bond acceptors (Lipinski definition) is 8. The first-order chi connectivity index (χ1) is 17.8. The van der Waals surface area contributed by atoms with Crippen molar-refractivity contribution in [1.82, 2.24) is 9.97 Å². The molecule has 206 valence electrons. The molecule has 1 atom stereocenters. The first-order valence-electron chi connectivity index (χ1n) is 11.8. The zero-order valence-electron chi connectivity index (χ0n) is 22.1. The Morgan fingerprint density at radius 3 is 2.39 bits per heavy atom. The Balaban J connectivity index is 2.07. The van der Waals surface area contributed by atoms with Crippen LogP contribution in [0.5, 0.6) is 11.5 Å². The highest BCUT2D eigenvalue weighted by atomic mass is 19.3. The molecule has 1 amide bonds. The lowest BCUT2D eigenvalue weighted by Gasteiger charge is -2.30. The summed E-state index contributed by atoms with van der Waals surface area (Å²) < 4.78 is 46.4. The van der Waals surface area contributed by atoms with Crippen LogP contribution < -0.4 is 20.1 Å². The van der Waals surface area contributed by atoms with E-state index in [0.717, 1.165) is 19.9 Å². The van der Waals surface area contributed by atoms with E-state index in [9.17, 15) is 9.90 Å². The maximum absolute atomic E-state index is 15.1. The van der Waals surface area contributed by atoms with Crippen LogP contribution in [-0.2, 0) is 10.7 Å². The predicted octanol–water partition coefficient (Wildman–Crippen LogP) is 5.10. The number of carboxylic acid groups (broad SMARTS) is 1. The van der Waals surface area contributed by atoms with Gasteiger partial charge >= 0.3 is 12.0 Å². The molecule has 4 N–H and O–H groups in total. The number of methoxy groups -OCH3 is 2. The monoisotopic (exact) mass is 534 g/mol. The van der Waals surface area contributed by atoms with Crippen LogP contribution in [0.2, 0.25) is 0 Å². The van der Waals surface area contributed by atoms with Gasteiger partial charge in [0, 0.05) is 29.8 Å². The van der Waals surface area contributed by atoms with Crippen molar-refractivity contribution in [1.29, 1.82) is 0 Å². The van der Waals surface area contributed by atoms with Gasteiger partial charge in [-0.05, 0) is 57.5 Å². The fourth-order valence-electron chi connectivity index (χ4n) is 3.79. The standard InChI is InChI=1S/C26H32F2N4O6/c1-14(16-9-17(26(27,28)25(3,4)35)11-18(10-16)32-24(33)34)29-23-19-12-22(38-8-7-36-5)21(37-6)13-20(19)30-15(2)31-23/h9-14,32,35H,7-8H2,1-6H3,(H,33,34)(H,29,30,31)/t14-/m1/s1. The largest absolute Gasteiger partial charge is 0.493 e. The number of halogens is 2. The van der Waals surface area contributed by atoms with Gasteiger partial charge in [-0.3, -0.25) is 5.32 Å².